The van der Waals surface area contributed by atoms with Crippen LogP contribution >= 0.6 is 0 Å². The maximum Gasteiger partial charge on any atom is 0.225 e. The van der Waals surface area contributed by atoms with E-state index in [0.29, 0.717) is 0 Å². The molecule has 1 N–H and O–H groups in total. The number of carbonyl (C=O) groups is 1. The number of amides is 1. The van der Waals surface area contributed by atoms with Crippen LogP contribution in [0.15, 0.2) is 4.52 Å². The highest BCUT2D eigenvalue weighted by Crippen LogP contribution is 2.34. The molecule has 2 saturated heterocycles. The molecule has 1 aromatic rings. The lowest BCUT2D eigenvalue weighted by Crippen LogP contribution is -2.45. The molecular weight excluding hydrogens is 294 g/mol. The molecule has 3 fully saturated rings. The number of aromatic nitrogens is 1. The third-order valence-electron chi connectivity index (χ3n) is 5.39. The highest BCUT2D eigenvalue weighted by molar-refractivity contribution is 5.79. The van der Waals surface area contributed by atoms with Gasteiger partial charge in [-0.1, -0.05) is 5.16 Å². The van der Waals surface area contributed by atoms with Crippen molar-refractivity contribution in [2.75, 3.05) is 19.6 Å². The molecule has 4 rings (SSSR count). The summed E-state index contributed by atoms with van der Waals surface area (Å²) in [6, 6.07) is 0. The fourth-order valence-corrected chi connectivity index (χ4v) is 3.79. The summed E-state index contributed by atoms with van der Waals surface area (Å²) < 4.78 is 11.3. The highest BCUT2D eigenvalue weighted by Gasteiger charge is 2.44. The lowest BCUT2D eigenvalue weighted by Gasteiger charge is -2.32. The van der Waals surface area contributed by atoms with E-state index in [1.54, 1.807) is 0 Å². The van der Waals surface area contributed by atoms with Gasteiger partial charge in [0, 0.05) is 31.7 Å². The molecule has 6 nitrogen and oxygen atoms in total. The van der Waals surface area contributed by atoms with Crippen molar-refractivity contribution in [1.29, 1.82) is 0 Å². The van der Waals surface area contributed by atoms with Crippen molar-refractivity contribution in [3.63, 3.8) is 0 Å². The normalized spacial score (nSPS) is 30.6. The van der Waals surface area contributed by atoms with Crippen LogP contribution < -0.4 is 5.32 Å². The number of ether oxygens (including phenoxy) is 1. The van der Waals surface area contributed by atoms with Crippen molar-refractivity contribution in [2.45, 2.75) is 51.9 Å². The first-order valence-corrected chi connectivity index (χ1v) is 8.67. The van der Waals surface area contributed by atoms with Gasteiger partial charge in [0.2, 0.25) is 5.91 Å². The minimum absolute atomic E-state index is 0.00780. The molecule has 126 valence electrons. The minimum atomic E-state index is 0.00780. The largest absolute Gasteiger partial charge is 0.371 e. The molecule has 0 unspecified atom stereocenters. The van der Waals surface area contributed by atoms with E-state index < -0.39 is 0 Å². The van der Waals surface area contributed by atoms with Gasteiger partial charge in [0.15, 0.2) is 0 Å². The summed E-state index contributed by atoms with van der Waals surface area (Å²) in [4.78, 5) is 14.8. The quantitative estimate of drug-likeness (QED) is 0.889. The number of fused-ring (bicyclic) bond motifs is 2. The van der Waals surface area contributed by atoms with E-state index in [-0.39, 0.29) is 24.0 Å². The van der Waals surface area contributed by atoms with Gasteiger partial charge in [-0.05, 0) is 39.0 Å². The SMILES string of the molecule is Cc1noc(C)c1CN1C[C@H]2C[C@@H](C(=O)NCC3CC3)[C@@H](C1)O2. The predicted molar refractivity (Wildman–Crippen MR) is 83.8 cm³/mol. The second-order valence-corrected chi connectivity index (χ2v) is 7.32. The van der Waals surface area contributed by atoms with Gasteiger partial charge >= 0.3 is 0 Å². The molecule has 2 aliphatic heterocycles. The summed E-state index contributed by atoms with van der Waals surface area (Å²) in [5.74, 6) is 1.80. The van der Waals surface area contributed by atoms with Crippen LogP contribution in [0.1, 0.15) is 36.3 Å². The summed E-state index contributed by atoms with van der Waals surface area (Å²) >= 11 is 0. The summed E-state index contributed by atoms with van der Waals surface area (Å²) in [5.41, 5.74) is 2.13. The van der Waals surface area contributed by atoms with Gasteiger partial charge in [-0.15, -0.1) is 0 Å². The Morgan fingerprint density at radius 3 is 2.87 bits per heavy atom. The molecular formula is C17H25N3O3. The van der Waals surface area contributed by atoms with E-state index in [4.69, 9.17) is 9.26 Å². The van der Waals surface area contributed by atoms with E-state index in [2.05, 4.69) is 15.4 Å². The average Bonchev–Trinajstić information content (AvgIpc) is 3.25. The van der Waals surface area contributed by atoms with Crippen LogP contribution in [0.25, 0.3) is 0 Å². The van der Waals surface area contributed by atoms with Crippen molar-refractivity contribution in [1.82, 2.24) is 15.4 Å². The number of rotatable bonds is 5. The maximum atomic E-state index is 12.4. The number of hydrogen-bond donors (Lipinski definition) is 1. The van der Waals surface area contributed by atoms with Crippen LogP contribution in [0.3, 0.4) is 0 Å². The first kappa shape index (κ1) is 15.1. The Labute approximate surface area is 136 Å². The zero-order valence-corrected chi connectivity index (χ0v) is 13.9. The molecule has 0 spiro atoms. The van der Waals surface area contributed by atoms with E-state index in [1.807, 2.05) is 13.8 Å². The van der Waals surface area contributed by atoms with E-state index in [9.17, 15) is 4.79 Å². The van der Waals surface area contributed by atoms with Gasteiger partial charge in [-0.3, -0.25) is 9.69 Å². The first-order chi connectivity index (χ1) is 11.1. The Morgan fingerprint density at radius 1 is 1.35 bits per heavy atom. The number of likely N-dealkylation sites (tertiary alicyclic amines) is 1. The number of aryl methyl sites for hydroxylation is 2. The Hall–Kier alpha value is -1.40. The third kappa shape index (κ3) is 3.15. The van der Waals surface area contributed by atoms with Gasteiger partial charge in [-0.25, -0.2) is 0 Å². The van der Waals surface area contributed by atoms with Crippen molar-refractivity contribution < 1.29 is 14.1 Å². The number of nitrogens with zero attached hydrogens (tertiary/aromatic N) is 2. The van der Waals surface area contributed by atoms with Crippen LogP contribution in [0.4, 0.5) is 0 Å². The lowest BCUT2D eigenvalue weighted by molar-refractivity contribution is -0.128. The summed E-state index contributed by atoms with van der Waals surface area (Å²) in [6.07, 6.45) is 3.57. The zero-order chi connectivity index (χ0) is 16.0. The second kappa shape index (κ2) is 5.91. The maximum absolute atomic E-state index is 12.4. The molecule has 3 atom stereocenters. The van der Waals surface area contributed by atoms with Crippen molar-refractivity contribution in [3.8, 4) is 0 Å². The second-order valence-electron chi connectivity index (χ2n) is 7.32. The zero-order valence-electron chi connectivity index (χ0n) is 13.9. The summed E-state index contributed by atoms with van der Waals surface area (Å²) in [7, 11) is 0. The van der Waals surface area contributed by atoms with Crippen LogP contribution in [-0.4, -0.2) is 47.8 Å². The Balaban J connectivity index is 1.37. The van der Waals surface area contributed by atoms with Crippen LogP contribution in [-0.2, 0) is 16.1 Å². The Bertz CT molecular complexity index is 576. The fraction of sp³-hybridized carbons (Fsp3) is 0.765. The van der Waals surface area contributed by atoms with Crippen LogP contribution in [0.2, 0.25) is 0 Å². The average molecular weight is 319 g/mol. The van der Waals surface area contributed by atoms with E-state index in [0.717, 1.165) is 50.0 Å². The summed E-state index contributed by atoms with van der Waals surface area (Å²) in [5, 5.41) is 7.14. The number of morpholine rings is 1. The van der Waals surface area contributed by atoms with Crippen molar-refractivity contribution >= 4 is 5.91 Å². The van der Waals surface area contributed by atoms with E-state index >= 15 is 0 Å². The smallest absolute Gasteiger partial charge is 0.225 e. The molecule has 1 aliphatic carbocycles. The predicted octanol–water partition coefficient (Wildman–Crippen LogP) is 1.41. The Kier molecular flexibility index (Phi) is 3.89. The highest BCUT2D eigenvalue weighted by atomic mass is 16.5. The molecule has 3 heterocycles. The van der Waals surface area contributed by atoms with E-state index in [1.165, 1.54) is 18.4 Å². The van der Waals surface area contributed by atoms with Gasteiger partial charge in [0.05, 0.1) is 23.8 Å². The number of carbonyl (C=O) groups excluding carboxylic acids is 1. The van der Waals surface area contributed by atoms with Gasteiger partial charge in [0.25, 0.3) is 0 Å². The van der Waals surface area contributed by atoms with Gasteiger partial charge in [0.1, 0.15) is 5.76 Å². The van der Waals surface area contributed by atoms with Gasteiger partial charge < -0.3 is 14.6 Å². The monoisotopic (exact) mass is 319 g/mol. The molecule has 1 saturated carbocycles. The van der Waals surface area contributed by atoms with Crippen LogP contribution in [0, 0.1) is 25.7 Å². The number of hydrogen-bond acceptors (Lipinski definition) is 5. The topological polar surface area (TPSA) is 67.6 Å². The minimum Gasteiger partial charge on any atom is -0.371 e. The molecule has 6 heteroatoms. The van der Waals surface area contributed by atoms with Crippen molar-refractivity contribution in [3.05, 3.63) is 17.0 Å². The molecule has 1 aromatic heterocycles. The third-order valence-corrected chi connectivity index (χ3v) is 5.39. The molecule has 3 aliphatic rings. The molecule has 2 bridgehead atoms. The molecule has 1 amide bonds. The van der Waals surface area contributed by atoms with Crippen molar-refractivity contribution in [2.24, 2.45) is 11.8 Å². The summed E-state index contributed by atoms with van der Waals surface area (Å²) in [6.45, 7) is 7.30. The standard InChI is InChI=1S/C17H25N3O3/c1-10-15(11(2)23-19-10)8-20-7-13-5-14(16(9-20)22-13)17(21)18-6-12-3-4-12/h12-14,16H,3-9H2,1-2H3,(H,18,21)/t13-,14-,16-/m1/s1. The van der Waals surface area contributed by atoms with Gasteiger partial charge in [-0.2, -0.15) is 0 Å². The number of nitrogens with one attached hydrogen (secondary N) is 1. The fourth-order valence-electron chi connectivity index (χ4n) is 3.79. The Morgan fingerprint density at radius 2 is 2.17 bits per heavy atom. The first-order valence-electron chi connectivity index (χ1n) is 8.67. The van der Waals surface area contributed by atoms with Crippen LogP contribution in [0.5, 0.6) is 0 Å². The molecule has 0 radical (unpaired) electrons. The molecule has 0 aromatic carbocycles. The molecule has 23 heavy (non-hydrogen) atoms. The lowest BCUT2D eigenvalue weighted by atomic mass is 9.99.